The van der Waals surface area contributed by atoms with E-state index in [1.807, 2.05) is 0 Å². The number of esters is 2. The summed E-state index contributed by atoms with van der Waals surface area (Å²) in [5.41, 5.74) is 0. The zero-order valence-corrected chi connectivity index (χ0v) is 28.0. The van der Waals surface area contributed by atoms with E-state index >= 15 is 0 Å². The topological polar surface area (TPSA) is 72.8 Å². The maximum atomic E-state index is 12.1. The minimum Gasteiger partial charge on any atom is -0.462 e. The predicted octanol–water partition coefficient (Wildman–Crippen LogP) is 10.7. The van der Waals surface area contributed by atoms with E-state index in [1.165, 1.54) is 57.8 Å². The van der Waals surface area contributed by atoms with Crippen LogP contribution in [0.1, 0.15) is 162 Å². The summed E-state index contributed by atoms with van der Waals surface area (Å²) in [6.07, 6.45) is 41.6. The lowest BCUT2D eigenvalue weighted by Crippen LogP contribution is -2.28. The molecular formula is C38H66O5. The average Bonchev–Trinajstić information content (AvgIpc) is 3.01. The van der Waals surface area contributed by atoms with Crippen LogP contribution in [0.5, 0.6) is 0 Å². The van der Waals surface area contributed by atoms with Crippen LogP contribution >= 0.6 is 0 Å². The number of hydrogen-bond acceptors (Lipinski definition) is 5. The minimum atomic E-state index is -0.778. The number of carbonyl (C=O) groups is 2. The molecule has 1 atom stereocenters. The van der Waals surface area contributed by atoms with E-state index in [0.29, 0.717) is 12.8 Å². The van der Waals surface area contributed by atoms with Crippen molar-refractivity contribution in [3.63, 3.8) is 0 Å². The van der Waals surface area contributed by atoms with Gasteiger partial charge >= 0.3 is 11.9 Å². The molecule has 43 heavy (non-hydrogen) atoms. The first-order valence-corrected chi connectivity index (χ1v) is 17.7. The Kier molecular flexibility index (Phi) is 32.6. The lowest BCUT2D eigenvalue weighted by atomic mass is 10.0. The fourth-order valence-corrected chi connectivity index (χ4v) is 4.72. The SMILES string of the molecule is CCC=CCC=CCC=CCC=CCCCCCCC(=O)OC[C@H](CO)OC(=O)CCCCCCCCCCCCCC. The van der Waals surface area contributed by atoms with E-state index in [0.717, 1.165) is 77.0 Å². The molecule has 5 nitrogen and oxygen atoms in total. The van der Waals surface area contributed by atoms with Crippen LogP contribution in [0.2, 0.25) is 0 Å². The number of allylic oxidation sites excluding steroid dienone is 8. The van der Waals surface area contributed by atoms with E-state index in [2.05, 4.69) is 62.5 Å². The van der Waals surface area contributed by atoms with Crippen molar-refractivity contribution < 1.29 is 24.2 Å². The highest BCUT2D eigenvalue weighted by atomic mass is 16.6. The van der Waals surface area contributed by atoms with E-state index in [-0.39, 0.29) is 25.2 Å². The zero-order valence-electron chi connectivity index (χ0n) is 28.0. The number of hydrogen-bond donors (Lipinski definition) is 1. The molecule has 0 aliphatic heterocycles. The van der Waals surface area contributed by atoms with Crippen molar-refractivity contribution in [2.75, 3.05) is 13.2 Å². The summed E-state index contributed by atoms with van der Waals surface area (Å²) < 4.78 is 10.5. The van der Waals surface area contributed by atoms with Crippen molar-refractivity contribution in [2.45, 2.75) is 168 Å². The van der Waals surface area contributed by atoms with Gasteiger partial charge in [0.1, 0.15) is 6.61 Å². The lowest BCUT2D eigenvalue weighted by Gasteiger charge is -2.15. The van der Waals surface area contributed by atoms with Crippen molar-refractivity contribution >= 4 is 11.9 Å². The summed E-state index contributed by atoms with van der Waals surface area (Å²) in [6.45, 7) is 3.98. The van der Waals surface area contributed by atoms with Gasteiger partial charge in [0.05, 0.1) is 6.61 Å². The molecule has 0 bridgehead atoms. The Morgan fingerprint density at radius 1 is 0.558 bits per heavy atom. The number of ether oxygens (including phenoxy) is 2. The second-order valence-corrected chi connectivity index (χ2v) is 11.6. The summed E-state index contributed by atoms with van der Waals surface area (Å²) in [6, 6.07) is 0. The Morgan fingerprint density at radius 2 is 1.00 bits per heavy atom. The Balaban J connectivity index is 3.63. The number of carbonyl (C=O) groups excluding carboxylic acids is 2. The molecule has 0 aromatic heterocycles. The van der Waals surface area contributed by atoms with Gasteiger partial charge in [0.2, 0.25) is 0 Å². The Bertz CT molecular complexity index is 737. The molecule has 0 aliphatic carbocycles. The molecule has 0 amide bonds. The number of unbranched alkanes of at least 4 members (excludes halogenated alkanes) is 15. The minimum absolute atomic E-state index is 0.0780. The molecule has 0 fully saturated rings. The van der Waals surface area contributed by atoms with Crippen LogP contribution in [0.4, 0.5) is 0 Å². The number of aliphatic hydroxyl groups is 1. The molecule has 248 valence electrons. The van der Waals surface area contributed by atoms with Gasteiger partial charge in [0.15, 0.2) is 6.10 Å². The summed E-state index contributed by atoms with van der Waals surface area (Å²) in [4.78, 5) is 24.1. The van der Waals surface area contributed by atoms with E-state index < -0.39 is 6.10 Å². The van der Waals surface area contributed by atoms with E-state index in [1.54, 1.807) is 0 Å². The highest BCUT2D eigenvalue weighted by molar-refractivity contribution is 5.70. The van der Waals surface area contributed by atoms with Crippen molar-refractivity contribution in [1.29, 1.82) is 0 Å². The highest BCUT2D eigenvalue weighted by Crippen LogP contribution is 2.13. The van der Waals surface area contributed by atoms with Crippen LogP contribution in [-0.4, -0.2) is 36.4 Å². The molecule has 0 radical (unpaired) electrons. The Morgan fingerprint density at radius 3 is 1.51 bits per heavy atom. The molecule has 0 aromatic rings. The third-order valence-corrected chi connectivity index (χ3v) is 7.39. The van der Waals surface area contributed by atoms with Gasteiger partial charge in [-0.3, -0.25) is 9.59 Å². The largest absolute Gasteiger partial charge is 0.462 e. The van der Waals surface area contributed by atoms with Gasteiger partial charge < -0.3 is 14.6 Å². The molecule has 0 rings (SSSR count). The lowest BCUT2D eigenvalue weighted by molar-refractivity contribution is -0.161. The second kappa shape index (κ2) is 34.4. The van der Waals surface area contributed by atoms with E-state index in [4.69, 9.17) is 9.47 Å². The fourth-order valence-electron chi connectivity index (χ4n) is 4.72. The Hall–Kier alpha value is -2.14. The first kappa shape index (κ1) is 40.9. The normalized spacial score (nSPS) is 12.7. The van der Waals surface area contributed by atoms with Gasteiger partial charge in [0.25, 0.3) is 0 Å². The first-order chi connectivity index (χ1) is 21.1. The van der Waals surface area contributed by atoms with Crippen LogP contribution in [0.3, 0.4) is 0 Å². The van der Waals surface area contributed by atoms with Crippen LogP contribution in [-0.2, 0) is 19.1 Å². The third kappa shape index (κ3) is 32.6. The Labute approximate surface area is 265 Å². The molecule has 5 heteroatoms. The number of rotatable bonds is 31. The average molecular weight is 603 g/mol. The smallest absolute Gasteiger partial charge is 0.306 e. The van der Waals surface area contributed by atoms with Gasteiger partial charge in [-0.25, -0.2) is 0 Å². The van der Waals surface area contributed by atoms with Crippen molar-refractivity contribution in [2.24, 2.45) is 0 Å². The molecule has 0 heterocycles. The van der Waals surface area contributed by atoms with Gasteiger partial charge in [-0.2, -0.15) is 0 Å². The maximum Gasteiger partial charge on any atom is 0.306 e. The molecule has 0 saturated carbocycles. The fraction of sp³-hybridized carbons (Fsp3) is 0.737. The van der Waals surface area contributed by atoms with Crippen molar-refractivity contribution in [1.82, 2.24) is 0 Å². The summed E-state index contributed by atoms with van der Waals surface area (Å²) in [5.74, 6) is -0.621. The quantitative estimate of drug-likeness (QED) is 0.0485. The van der Waals surface area contributed by atoms with Gasteiger partial charge in [0, 0.05) is 12.8 Å². The highest BCUT2D eigenvalue weighted by Gasteiger charge is 2.16. The van der Waals surface area contributed by atoms with Gasteiger partial charge in [-0.1, -0.05) is 146 Å². The molecule has 0 spiro atoms. The third-order valence-electron chi connectivity index (χ3n) is 7.39. The van der Waals surface area contributed by atoms with Crippen LogP contribution in [0.15, 0.2) is 48.6 Å². The van der Waals surface area contributed by atoms with Crippen LogP contribution in [0, 0.1) is 0 Å². The first-order valence-electron chi connectivity index (χ1n) is 17.7. The van der Waals surface area contributed by atoms with E-state index in [9.17, 15) is 14.7 Å². The van der Waals surface area contributed by atoms with Crippen LogP contribution < -0.4 is 0 Å². The monoisotopic (exact) mass is 602 g/mol. The summed E-state index contributed by atoms with van der Waals surface area (Å²) in [5, 5.41) is 9.51. The molecule has 0 saturated heterocycles. The number of aliphatic hydroxyl groups excluding tert-OH is 1. The van der Waals surface area contributed by atoms with Crippen molar-refractivity contribution in [3.05, 3.63) is 48.6 Å². The molecule has 0 unspecified atom stereocenters. The standard InChI is InChI=1S/C38H66O5/c1-3-5-7-9-11-13-15-17-18-19-20-21-23-24-26-28-30-32-37(40)42-35-36(34-39)43-38(41)33-31-29-27-25-22-16-14-12-10-8-6-4-2/h5,7,11,13,17-18,20-21,36,39H,3-4,6,8-10,12,14-16,19,22-35H2,1-2H3/t36-/m0/s1. The molecule has 0 aliphatic rings. The summed E-state index contributed by atoms with van der Waals surface area (Å²) in [7, 11) is 0. The maximum absolute atomic E-state index is 12.1. The second-order valence-electron chi connectivity index (χ2n) is 11.6. The molecule has 1 N–H and O–H groups in total. The summed E-state index contributed by atoms with van der Waals surface area (Å²) >= 11 is 0. The van der Waals surface area contributed by atoms with Gasteiger partial charge in [-0.05, 0) is 51.4 Å². The van der Waals surface area contributed by atoms with Crippen LogP contribution in [0.25, 0.3) is 0 Å². The van der Waals surface area contributed by atoms with Crippen molar-refractivity contribution in [3.8, 4) is 0 Å². The van der Waals surface area contributed by atoms with Gasteiger partial charge in [-0.15, -0.1) is 0 Å². The predicted molar refractivity (Wildman–Crippen MR) is 182 cm³/mol. The zero-order chi connectivity index (χ0) is 31.5. The molecule has 0 aromatic carbocycles. The molecular weight excluding hydrogens is 536 g/mol.